The van der Waals surface area contributed by atoms with Gasteiger partial charge in [0, 0.05) is 26.2 Å². The summed E-state index contributed by atoms with van der Waals surface area (Å²) in [5.74, 6) is -1.30. The summed E-state index contributed by atoms with van der Waals surface area (Å²) >= 11 is 6.02. The summed E-state index contributed by atoms with van der Waals surface area (Å²) in [5, 5.41) is 4.40. The van der Waals surface area contributed by atoms with Gasteiger partial charge in [0.05, 0.1) is 33.7 Å². The second kappa shape index (κ2) is 9.08. The van der Waals surface area contributed by atoms with Gasteiger partial charge in [-0.15, -0.1) is 0 Å². The van der Waals surface area contributed by atoms with Crippen LogP contribution in [-0.4, -0.2) is 57.6 Å². The van der Waals surface area contributed by atoms with Crippen molar-refractivity contribution in [1.29, 1.82) is 0 Å². The van der Waals surface area contributed by atoms with E-state index in [1.165, 1.54) is 30.5 Å². The van der Waals surface area contributed by atoms with Gasteiger partial charge in [0.1, 0.15) is 11.6 Å². The summed E-state index contributed by atoms with van der Waals surface area (Å²) < 4.78 is 28.2. The Kier molecular flexibility index (Phi) is 6.23. The summed E-state index contributed by atoms with van der Waals surface area (Å²) in [6.07, 6.45) is 2.10. The highest BCUT2D eigenvalue weighted by molar-refractivity contribution is 6.33. The van der Waals surface area contributed by atoms with Gasteiger partial charge < -0.3 is 9.80 Å². The zero-order valence-corrected chi connectivity index (χ0v) is 18.1. The smallest absolute Gasteiger partial charge is 0.257 e. The van der Waals surface area contributed by atoms with Crippen LogP contribution in [0.5, 0.6) is 0 Å². The highest BCUT2D eigenvalue weighted by atomic mass is 35.5. The van der Waals surface area contributed by atoms with Crippen LogP contribution in [0.2, 0.25) is 5.02 Å². The molecule has 0 atom stereocenters. The number of nitrogens with zero attached hydrogens (tertiary/aromatic N) is 4. The first-order valence-electron chi connectivity index (χ1n) is 10.3. The molecule has 0 spiro atoms. The first kappa shape index (κ1) is 22.0. The van der Waals surface area contributed by atoms with Crippen molar-refractivity contribution >= 4 is 23.4 Å². The van der Waals surface area contributed by atoms with Crippen molar-refractivity contribution in [3.63, 3.8) is 0 Å². The lowest BCUT2D eigenvalue weighted by Crippen LogP contribution is -2.50. The van der Waals surface area contributed by atoms with Crippen molar-refractivity contribution < 1.29 is 18.4 Å². The average molecular weight is 459 g/mol. The van der Waals surface area contributed by atoms with E-state index in [2.05, 4.69) is 5.10 Å². The number of benzene rings is 2. The Bertz CT molecular complexity index is 1160. The minimum Gasteiger partial charge on any atom is -0.335 e. The van der Waals surface area contributed by atoms with Crippen LogP contribution in [0.3, 0.4) is 0 Å². The maximum atomic E-state index is 13.3. The van der Waals surface area contributed by atoms with E-state index in [0.29, 0.717) is 43.9 Å². The molecular formula is C23H21ClF2N4O2. The number of hydrogen-bond acceptors (Lipinski definition) is 3. The number of piperazine rings is 1. The van der Waals surface area contributed by atoms with Crippen LogP contribution in [0.25, 0.3) is 5.69 Å². The molecule has 1 aliphatic heterocycles. The van der Waals surface area contributed by atoms with E-state index in [-0.39, 0.29) is 28.2 Å². The standard InChI is InChI=1S/C23H21ClF2N4O2/c1-2-21-19(14-27-30(21)17-6-3-15(25)4-7-17)23(32)29-11-9-28(10-12-29)22(31)18-8-5-16(26)13-20(18)24/h3-8,13-14H,2,9-12H2,1H3. The number of carbonyl (C=O) groups is 2. The highest BCUT2D eigenvalue weighted by Gasteiger charge is 2.28. The SMILES string of the molecule is CCc1c(C(=O)N2CCN(C(=O)c3ccc(F)cc3Cl)CC2)cnn1-c1ccc(F)cc1. The van der Waals surface area contributed by atoms with Crippen LogP contribution in [0.15, 0.2) is 48.7 Å². The fraction of sp³-hybridized carbons (Fsp3) is 0.261. The predicted octanol–water partition coefficient (Wildman–Crippen LogP) is 3.96. The van der Waals surface area contributed by atoms with Crippen LogP contribution in [0, 0.1) is 11.6 Å². The third kappa shape index (κ3) is 4.23. The third-order valence-corrected chi connectivity index (χ3v) is 5.83. The molecule has 0 unspecified atom stereocenters. The average Bonchev–Trinajstić information content (AvgIpc) is 3.23. The summed E-state index contributed by atoms with van der Waals surface area (Å²) in [6.45, 7) is 3.32. The van der Waals surface area contributed by atoms with E-state index in [1.807, 2.05) is 6.92 Å². The van der Waals surface area contributed by atoms with E-state index in [4.69, 9.17) is 11.6 Å². The molecule has 1 aromatic heterocycles. The van der Waals surface area contributed by atoms with Crippen LogP contribution in [-0.2, 0) is 6.42 Å². The van der Waals surface area contributed by atoms with E-state index in [1.54, 1.807) is 26.6 Å². The Balaban J connectivity index is 1.47. The molecule has 166 valence electrons. The Morgan fingerprint density at radius 2 is 1.47 bits per heavy atom. The molecule has 1 saturated heterocycles. The minimum absolute atomic E-state index is 0.0642. The lowest BCUT2D eigenvalue weighted by Gasteiger charge is -2.35. The molecule has 0 N–H and O–H groups in total. The summed E-state index contributed by atoms with van der Waals surface area (Å²) in [7, 11) is 0. The molecule has 2 amide bonds. The van der Waals surface area contributed by atoms with Crippen molar-refractivity contribution in [1.82, 2.24) is 19.6 Å². The van der Waals surface area contributed by atoms with Crippen LogP contribution in [0.4, 0.5) is 8.78 Å². The molecule has 32 heavy (non-hydrogen) atoms. The van der Waals surface area contributed by atoms with Crippen molar-refractivity contribution in [3.8, 4) is 5.69 Å². The van der Waals surface area contributed by atoms with E-state index >= 15 is 0 Å². The topological polar surface area (TPSA) is 58.4 Å². The van der Waals surface area contributed by atoms with Crippen molar-refractivity contribution in [2.75, 3.05) is 26.2 Å². The molecule has 6 nitrogen and oxygen atoms in total. The molecule has 9 heteroatoms. The molecule has 0 radical (unpaired) electrons. The van der Waals surface area contributed by atoms with Crippen LogP contribution >= 0.6 is 11.6 Å². The zero-order valence-electron chi connectivity index (χ0n) is 17.4. The van der Waals surface area contributed by atoms with Crippen molar-refractivity contribution in [3.05, 3.63) is 82.1 Å². The van der Waals surface area contributed by atoms with Gasteiger partial charge in [0.2, 0.25) is 0 Å². The second-order valence-electron chi connectivity index (χ2n) is 7.46. The monoisotopic (exact) mass is 458 g/mol. The molecule has 0 saturated carbocycles. The minimum atomic E-state index is -0.505. The number of halogens is 3. The Morgan fingerprint density at radius 3 is 2.03 bits per heavy atom. The van der Waals surface area contributed by atoms with Gasteiger partial charge in [-0.25, -0.2) is 13.5 Å². The number of hydrogen-bond donors (Lipinski definition) is 0. The van der Waals surface area contributed by atoms with Gasteiger partial charge in [-0.3, -0.25) is 9.59 Å². The molecule has 2 heterocycles. The first-order valence-corrected chi connectivity index (χ1v) is 10.6. The quantitative estimate of drug-likeness (QED) is 0.594. The highest BCUT2D eigenvalue weighted by Crippen LogP contribution is 2.22. The maximum absolute atomic E-state index is 13.3. The zero-order chi connectivity index (χ0) is 22.8. The normalized spacial score (nSPS) is 14.0. The van der Waals surface area contributed by atoms with E-state index in [9.17, 15) is 18.4 Å². The maximum Gasteiger partial charge on any atom is 0.257 e. The lowest BCUT2D eigenvalue weighted by atomic mass is 10.1. The van der Waals surface area contributed by atoms with Gasteiger partial charge in [-0.2, -0.15) is 5.10 Å². The number of amides is 2. The van der Waals surface area contributed by atoms with Gasteiger partial charge in [-0.05, 0) is 48.9 Å². The first-order chi connectivity index (χ1) is 15.4. The Labute approximate surface area is 189 Å². The molecular weight excluding hydrogens is 438 g/mol. The van der Waals surface area contributed by atoms with E-state index < -0.39 is 5.82 Å². The number of rotatable bonds is 4. The van der Waals surface area contributed by atoms with Gasteiger partial charge in [0.15, 0.2) is 0 Å². The predicted molar refractivity (Wildman–Crippen MR) is 116 cm³/mol. The number of aromatic nitrogens is 2. The third-order valence-electron chi connectivity index (χ3n) is 5.52. The summed E-state index contributed by atoms with van der Waals surface area (Å²) in [6, 6.07) is 9.60. The van der Waals surface area contributed by atoms with Gasteiger partial charge in [-0.1, -0.05) is 18.5 Å². The van der Waals surface area contributed by atoms with Crippen LogP contribution < -0.4 is 0 Å². The van der Waals surface area contributed by atoms with Crippen molar-refractivity contribution in [2.45, 2.75) is 13.3 Å². The molecule has 1 aliphatic rings. The fourth-order valence-electron chi connectivity index (χ4n) is 3.81. The lowest BCUT2D eigenvalue weighted by molar-refractivity contribution is 0.0535. The van der Waals surface area contributed by atoms with Crippen molar-refractivity contribution in [2.24, 2.45) is 0 Å². The molecule has 4 rings (SSSR count). The fourth-order valence-corrected chi connectivity index (χ4v) is 4.06. The second-order valence-corrected chi connectivity index (χ2v) is 7.86. The largest absolute Gasteiger partial charge is 0.335 e. The van der Waals surface area contributed by atoms with Gasteiger partial charge in [0.25, 0.3) is 11.8 Å². The molecule has 0 bridgehead atoms. The Hall–Kier alpha value is -3.26. The molecule has 2 aromatic carbocycles. The molecule has 3 aromatic rings. The number of carbonyl (C=O) groups excluding carboxylic acids is 2. The molecule has 1 fully saturated rings. The molecule has 0 aliphatic carbocycles. The Morgan fingerprint density at radius 1 is 0.906 bits per heavy atom. The summed E-state index contributed by atoms with van der Waals surface area (Å²) in [5.41, 5.74) is 2.13. The van der Waals surface area contributed by atoms with Crippen LogP contribution in [0.1, 0.15) is 33.3 Å². The van der Waals surface area contributed by atoms with Gasteiger partial charge >= 0.3 is 0 Å². The summed E-state index contributed by atoms with van der Waals surface area (Å²) in [4.78, 5) is 29.2. The van der Waals surface area contributed by atoms with E-state index in [0.717, 1.165) is 11.8 Å².